The molecular formula is C5H9Cl. The van der Waals surface area contributed by atoms with Crippen molar-refractivity contribution in [2.75, 3.05) is 0 Å². The van der Waals surface area contributed by atoms with Gasteiger partial charge in [0.15, 0.2) is 0 Å². The van der Waals surface area contributed by atoms with Gasteiger partial charge in [-0.05, 0) is 6.42 Å². The summed E-state index contributed by atoms with van der Waals surface area (Å²) in [6.07, 6.45) is 6.91. The highest BCUT2D eigenvalue weighted by molar-refractivity contribution is 5.85. The zero-order valence-corrected chi connectivity index (χ0v) is 4.72. The van der Waals surface area contributed by atoms with E-state index in [9.17, 15) is 0 Å². The Bertz CT molecular complexity index is 42.4. The van der Waals surface area contributed by atoms with Crippen LogP contribution in [0.2, 0.25) is 0 Å². The molecule has 0 atom stereocenters. The van der Waals surface area contributed by atoms with Crippen LogP contribution in [0.3, 0.4) is 0 Å². The van der Waals surface area contributed by atoms with Crippen molar-refractivity contribution in [2.24, 2.45) is 0 Å². The molecule has 0 fully saturated rings. The van der Waals surface area contributed by atoms with Crippen LogP contribution in [0.25, 0.3) is 0 Å². The number of hydrogen-bond donors (Lipinski definition) is 0. The smallest absolute Gasteiger partial charge is 0.00834 e. The second-order valence-corrected chi connectivity index (χ2v) is 0.954. The predicted octanol–water partition coefficient (Wildman–Crippen LogP) is 1.84. The fraction of sp³-hybridized carbons (Fsp3) is 0.600. The van der Waals surface area contributed by atoms with Gasteiger partial charge in [0.1, 0.15) is 0 Å². The zero-order valence-electron chi connectivity index (χ0n) is 3.90. The molecule has 0 spiro atoms. The van der Waals surface area contributed by atoms with Gasteiger partial charge in [-0.3, -0.25) is 0 Å². The summed E-state index contributed by atoms with van der Waals surface area (Å²) >= 11 is 0. The largest absolute Gasteiger partial charge is 0.147 e. The van der Waals surface area contributed by atoms with Crippen LogP contribution in [0.1, 0.15) is 19.8 Å². The van der Waals surface area contributed by atoms with Gasteiger partial charge in [-0.25, -0.2) is 0 Å². The molecule has 0 radical (unpaired) electrons. The Labute approximate surface area is 45.4 Å². The van der Waals surface area contributed by atoms with Gasteiger partial charge in [0.05, 0.1) is 0 Å². The highest BCUT2D eigenvalue weighted by Gasteiger charge is 1.61. The van der Waals surface area contributed by atoms with E-state index in [1.54, 1.807) is 0 Å². The standard InChI is InChI=1S/C5H8.ClH/c1-3-5-4-2;/h1H,4-5H2,2H3;1H. The van der Waals surface area contributed by atoms with Crippen LogP contribution in [0.15, 0.2) is 0 Å². The molecule has 36 valence electrons. The first-order valence-electron chi connectivity index (χ1n) is 1.85. The van der Waals surface area contributed by atoms with E-state index in [4.69, 9.17) is 6.42 Å². The summed E-state index contributed by atoms with van der Waals surface area (Å²) < 4.78 is 0. The first kappa shape index (κ1) is 9.28. The summed E-state index contributed by atoms with van der Waals surface area (Å²) in [5.41, 5.74) is 0. The van der Waals surface area contributed by atoms with Crippen LogP contribution >= 0.6 is 12.4 Å². The summed E-state index contributed by atoms with van der Waals surface area (Å²) in [7, 11) is 0. The zero-order chi connectivity index (χ0) is 4.12. The van der Waals surface area contributed by atoms with Crippen molar-refractivity contribution in [2.45, 2.75) is 19.8 Å². The maximum absolute atomic E-state index is 4.89. The fourth-order valence-corrected chi connectivity index (χ4v) is 0.144. The summed E-state index contributed by atoms with van der Waals surface area (Å²) in [6, 6.07) is 0. The molecule has 0 saturated heterocycles. The van der Waals surface area contributed by atoms with Crippen molar-refractivity contribution in [3.8, 4) is 12.3 Å². The van der Waals surface area contributed by atoms with Gasteiger partial charge in [-0.2, -0.15) is 0 Å². The van der Waals surface area contributed by atoms with E-state index in [1.165, 1.54) is 0 Å². The summed E-state index contributed by atoms with van der Waals surface area (Å²) in [5.74, 6) is 2.52. The molecule has 6 heavy (non-hydrogen) atoms. The van der Waals surface area contributed by atoms with Gasteiger partial charge in [0.25, 0.3) is 0 Å². The lowest BCUT2D eigenvalue weighted by Crippen LogP contribution is -1.53. The van der Waals surface area contributed by atoms with E-state index < -0.39 is 0 Å². The summed E-state index contributed by atoms with van der Waals surface area (Å²) in [6.45, 7) is 2.07. The second-order valence-electron chi connectivity index (χ2n) is 0.954. The molecule has 0 amide bonds. The molecule has 0 N–H and O–H groups in total. The molecule has 0 unspecified atom stereocenters. The summed E-state index contributed by atoms with van der Waals surface area (Å²) in [4.78, 5) is 0. The van der Waals surface area contributed by atoms with Gasteiger partial charge in [-0.15, -0.1) is 24.8 Å². The Balaban J connectivity index is 0. The van der Waals surface area contributed by atoms with Crippen LogP contribution in [-0.2, 0) is 0 Å². The number of terminal acetylenes is 1. The highest BCUT2D eigenvalue weighted by Crippen LogP contribution is 1.77. The van der Waals surface area contributed by atoms with Crippen LogP contribution < -0.4 is 0 Å². The lowest BCUT2D eigenvalue weighted by atomic mass is 10.4. The molecule has 0 aromatic rings. The average molecular weight is 105 g/mol. The average Bonchev–Trinajstić information content (AvgIpc) is 1.41. The molecule has 0 aromatic heterocycles. The van der Waals surface area contributed by atoms with Crippen molar-refractivity contribution in [1.29, 1.82) is 0 Å². The number of halogens is 1. The fourth-order valence-electron chi connectivity index (χ4n) is 0.144. The normalized spacial score (nSPS) is 5.33. The van der Waals surface area contributed by atoms with Crippen LogP contribution in [0.5, 0.6) is 0 Å². The van der Waals surface area contributed by atoms with E-state index in [2.05, 4.69) is 12.8 Å². The molecule has 1 heteroatoms. The van der Waals surface area contributed by atoms with Crippen LogP contribution in [-0.4, -0.2) is 0 Å². The minimum Gasteiger partial charge on any atom is -0.147 e. The van der Waals surface area contributed by atoms with Crippen molar-refractivity contribution < 1.29 is 0 Å². The Morgan fingerprint density at radius 3 is 2.17 bits per heavy atom. The van der Waals surface area contributed by atoms with E-state index in [0.29, 0.717) is 0 Å². The van der Waals surface area contributed by atoms with Gasteiger partial charge in [0, 0.05) is 6.42 Å². The van der Waals surface area contributed by atoms with Gasteiger partial charge >= 0.3 is 0 Å². The Kier molecular flexibility index (Phi) is 13.7. The topological polar surface area (TPSA) is 0 Å². The molecule has 0 aliphatic carbocycles. The number of hydrogen-bond acceptors (Lipinski definition) is 0. The van der Waals surface area contributed by atoms with Crippen molar-refractivity contribution >= 4 is 12.4 Å². The van der Waals surface area contributed by atoms with Crippen molar-refractivity contribution in [1.82, 2.24) is 0 Å². The van der Waals surface area contributed by atoms with E-state index in [1.807, 2.05) is 0 Å². The van der Waals surface area contributed by atoms with E-state index in [-0.39, 0.29) is 12.4 Å². The Morgan fingerprint density at radius 2 is 2.17 bits per heavy atom. The molecule has 0 nitrogen and oxygen atoms in total. The van der Waals surface area contributed by atoms with Gasteiger partial charge in [-0.1, -0.05) is 6.92 Å². The SMILES string of the molecule is C#CCCC.Cl. The molecular weight excluding hydrogens is 95.5 g/mol. The maximum Gasteiger partial charge on any atom is 0.00834 e. The first-order valence-corrected chi connectivity index (χ1v) is 1.85. The van der Waals surface area contributed by atoms with Gasteiger partial charge in [0.2, 0.25) is 0 Å². The predicted molar refractivity (Wildman–Crippen MR) is 31.0 cm³/mol. The summed E-state index contributed by atoms with van der Waals surface area (Å²) in [5, 5.41) is 0. The lowest BCUT2D eigenvalue weighted by Gasteiger charge is -1.69. The molecule has 0 bridgehead atoms. The lowest BCUT2D eigenvalue weighted by molar-refractivity contribution is 0.984. The monoisotopic (exact) mass is 104 g/mol. The Hall–Kier alpha value is -0.150. The Morgan fingerprint density at radius 1 is 1.67 bits per heavy atom. The number of rotatable bonds is 1. The molecule has 0 aliphatic rings. The molecule has 0 aromatic carbocycles. The third-order valence-corrected chi connectivity index (χ3v) is 0.394. The quantitative estimate of drug-likeness (QED) is 0.446. The van der Waals surface area contributed by atoms with Gasteiger partial charge < -0.3 is 0 Å². The van der Waals surface area contributed by atoms with E-state index >= 15 is 0 Å². The minimum absolute atomic E-state index is 0. The highest BCUT2D eigenvalue weighted by atomic mass is 35.5. The van der Waals surface area contributed by atoms with Crippen LogP contribution in [0.4, 0.5) is 0 Å². The molecule has 0 aliphatic heterocycles. The second kappa shape index (κ2) is 8.85. The first-order chi connectivity index (χ1) is 2.41. The molecule has 0 rings (SSSR count). The molecule has 0 heterocycles. The third kappa shape index (κ3) is 9.14. The third-order valence-electron chi connectivity index (χ3n) is 0.394. The van der Waals surface area contributed by atoms with Crippen LogP contribution in [0, 0.1) is 12.3 Å². The van der Waals surface area contributed by atoms with Crippen molar-refractivity contribution in [3.63, 3.8) is 0 Å². The minimum atomic E-state index is 0. The van der Waals surface area contributed by atoms with Crippen molar-refractivity contribution in [3.05, 3.63) is 0 Å². The number of unbranched alkanes of at least 4 members (excludes halogenated alkanes) is 1. The van der Waals surface area contributed by atoms with E-state index in [0.717, 1.165) is 12.8 Å². The maximum atomic E-state index is 4.89. The molecule has 0 saturated carbocycles.